The molecule has 376 valence electrons. The van der Waals surface area contributed by atoms with Crippen LogP contribution in [0.3, 0.4) is 0 Å². The first kappa shape index (κ1) is 60.2. The highest BCUT2D eigenvalue weighted by Gasteiger charge is 2.44. The molecule has 9 heteroatoms. The van der Waals surface area contributed by atoms with Crippen LogP contribution in [0.4, 0.5) is 0 Å². The zero-order chi connectivity index (χ0) is 45.9. The molecule has 0 radical (unpaired) electrons. The Kier molecular flexibility index (Phi) is 43.0. The summed E-state index contributed by atoms with van der Waals surface area (Å²) >= 11 is 0. The van der Waals surface area contributed by atoms with Gasteiger partial charge in [-0.15, -0.1) is 0 Å². The lowest BCUT2D eigenvalue weighted by atomic mass is 9.99. The van der Waals surface area contributed by atoms with E-state index in [-0.39, 0.29) is 12.5 Å². The van der Waals surface area contributed by atoms with Crippen molar-refractivity contribution in [3.63, 3.8) is 0 Å². The molecule has 1 aliphatic rings. The van der Waals surface area contributed by atoms with Gasteiger partial charge in [-0.3, -0.25) is 4.79 Å². The van der Waals surface area contributed by atoms with Gasteiger partial charge in [0.15, 0.2) is 6.29 Å². The zero-order valence-electron chi connectivity index (χ0n) is 41.6. The van der Waals surface area contributed by atoms with Crippen LogP contribution in [0.2, 0.25) is 0 Å². The summed E-state index contributed by atoms with van der Waals surface area (Å²) in [4.78, 5) is 13.0. The number of hydrogen-bond acceptors (Lipinski definition) is 8. The molecule has 63 heavy (non-hydrogen) atoms. The maximum atomic E-state index is 13.0. The van der Waals surface area contributed by atoms with Gasteiger partial charge in [0.2, 0.25) is 5.91 Å². The molecule has 6 N–H and O–H groups in total. The molecular formula is C54H107NO8. The van der Waals surface area contributed by atoms with Gasteiger partial charge in [-0.2, -0.15) is 0 Å². The molecule has 0 bridgehead atoms. The van der Waals surface area contributed by atoms with E-state index < -0.39 is 49.5 Å². The van der Waals surface area contributed by atoms with E-state index in [4.69, 9.17) is 9.47 Å². The summed E-state index contributed by atoms with van der Waals surface area (Å²) in [6.07, 6.45) is 46.1. The van der Waals surface area contributed by atoms with E-state index in [0.717, 1.165) is 38.5 Å². The Hall–Kier alpha value is -0.810. The lowest BCUT2D eigenvalue weighted by Gasteiger charge is -2.40. The van der Waals surface area contributed by atoms with Crippen LogP contribution < -0.4 is 5.32 Å². The van der Waals surface area contributed by atoms with E-state index in [0.29, 0.717) is 12.8 Å². The Morgan fingerprint density at radius 1 is 0.476 bits per heavy atom. The average molecular weight is 898 g/mol. The summed E-state index contributed by atoms with van der Waals surface area (Å²) in [5.74, 6) is -0.141. The molecule has 7 unspecified atom stereocenters. The van der Waals surface area contributed by atoms with Gasteiger partial charge in [-0.1, -0.05) is 264 Å². The maximum absolute atomic E-state index is 13.0. The largest absolute Gasteiger partial charge is 0.394 e. The van der Waals surface area contributed by atoms with Crippen LogP contribution in [0.15, 0.2) is 0 Å². The van der Waals surface area contributed by atoms with E-state index in [2.05, 4.69) is 19.2 Å². The SMILES string of the molecule is CCCCCCCCCCCCCCCCCCCCCCCCCCCCCCCCCCC(=O)NC(COC1OC(CO)C(O)C(O)C1O)C(O)CCCCCCCCCC. The molecule has 1 saturated heterocycles. The third-order valence-corrected chi connectivity index (χ3v) is 13.7. The molecule has 0 saturated carbocycles. The number of carbonyl (C=O) groups excluding carboxylic acids is 1. The van der Waals surface area contributed by atoms with Gasteiger partial charge in [-0.05, 0) is 12.8 Å². The standard InChI is InChI=1S/C54H107NO8/c1-3-5-7-9-11-13-14-15-16-17-18-19-20-21-22-23-24-25-26-27-28-29-30-31-32-33-34-35-36-38-40-42-44-50(58)55-47(48(57)43-41-39-37-12-10-8-6-4-2)46-62-54-53(61)52(60)51(59)49(45-56)63-54/h47-49,51-54,56-57,59-61H,3-46H2,1-2H3,(H,55,58). The van der Waals surface area contributed by atoms with Gasteiger partial charge in [0, 0.05) is 6.42 Å². The maximum Gasteiger partial charge on any atom is 0.220 e. The van der Waals surface area contributed by atoms with Crippen LogP contribution in [0.5, 0.6) is 0 Å². The molecule has 7 atom stereocenters. The first-order valence-corrected chi connectivity index (χ1v) is 27.7. The highest BCUT2D eigenvalue weighted by atomic mass is 16.7. The Balaban J connectivity index is 2.02. The number of carbonyl (C=O) groups is 1. The molecule has 0 aromatic carbocycles. The second kappa shape index (κ2) is 45.0. The lowest BCUT2D eigenvalue weighted by molar-refractivity contribution is -0.302. The molecule has 1 amide bonds. The quantitative estimate of drug-likeness (QED) is 0.0331. The third-order valence-electron chi connectivity index (χ3n) is 13.7. The second-order valence-corrected chi connectivity index (χ2v) is 19.7. The van der Waals surface area contributed by atoms with E-state index in [1.165, 1.54) is 218 Å². The minimum Gasteiger partial charge on any atom is -0.394 e. The van der Waals surface area contributed by atoms with Gasteiger partial charge in [0.1, 0.15) is 24.4 Å². The molecule has 0 spiro atoms. The molecule has 9 nitrogen and oxygen atoms in total. The fourth-order valence-corrected chi connectivity index (χ4v) is 9.28. The second-order valence-electron chi connectivity index (χ2n) is 19.7. The van der Waals surface area contributed by atoms with E-state index in [1.807, 2.05) is 0 Å². The van der Waals surface area contributed by atoms with Gasteiger partial charge < -0.3 is 40.3 Å². The number of nitrogens with one attached hydrogen (secondary N) is 1. The van der Waals surface area contributed by atoms with Gasteiger partial charge >= 0.3 is 0 Å². The summed E-state index contributed by atoms with van der Waals surface area (Å²) in [6.45, 7) is 3.83. The van der Waals surface area contributed by atoms with Crippen molar-refractivity contribution in [1.29, 1.82) is 0 Å². The van der Waals surface area contributed by atoms with Crippen molar-refractivity contribution < 1.29 is 39.8 Å². The molecule has 0 aliphatic carbocycles. The fourth-order valence-electron chi connectivity index (χ4n) is 9.28. The summed E-state index contributed by atoms with van der Waals surface area (Å²) in [6, 6.07) is -0.710. The summed E-state index contributed by atoms with van der Waals surface area (Å²) in [5, 5.41) is 54.3. The van der Waals surface area contributed by atoms with E-state index in [9.17, 15) is 30.3 Å². The van der Waals surface area contributed by atoms with Crippen LogP contribution in [0.25, 0.3) is 0 Å². The summed E-state index contributed by atoms with van der Waals surface area (Å²) in [5.41, 5.74) is 0. The first-order valence-electron chi connectivity index (χ1n) is 27.7. The van der Waals surface area contributed by atoms with Crippen molar-refractivity contribution in [3.8, 4) is 0 Å². The van der Waals surface area contributed by atoms with Crippen molar-refractivity contribution in [3.05, 3.63) is 0 Å². The van der Waals surface area contributed by atoms with Crippen molar-refractivity contribution in [2.45, 2.75) is 326 Å². The molecule has 1 rings (SSSR count). The van der Waals surface area contributed by atoms with Crippen molar-refractivity contribution in [2.24, 2.45) is 0 Å². The Bertz CT molecular complexity index is 955. The number of aliphatic hydroxyl groups excluding tert-OH is 5. The fraction of sp³-hybridized carbons (Fsp3) is 0.981. The normalized spacial score (nSPS) is 20.0. The van der Waals surface area contributed by atoms with Crippen LogP contribution in [-0.4, -0.2) is 87.5 Å². The molecule has 1 heterocycles. The average Bonchev–Trinajstić information content (AvgIpc) is 3.28. The summed E-state index contributed by atoms with van der Waals surface area (Å²) in [7, 11) is 0. The number of aliphatic hydroxyl groups is 5. The molecule has 1 aliphatic heterocycles. The first-order chi connectivity index (χ1) is 30.8. The predicted octanol–water partition coefficient (Wildman–Crippen LogP) is 13.1. The van der Waals surface area contributed by atoms with E-state index in [1.54, 1.807) is 0 Å². The summed E-state index contributed by atoms with van der Waals surface area (Å²) < 4.78 is 11.2. The highest BCUT2D eigenvalue weighted by Crippen LogP contribution is 2.23. The number of rotatable bonds is 48. The van der Waals surface area contributed by atoms with Crippen LogP contribution >= 0.6 is 0 Å². The topological polar surface area (TPSA) is 149 Å². The number of hydrogen-bond donors (Lipinski definition) is 6. The van der Waals surface area contributed by atoms with Gasteiger partial charge in [0.05, 0.1) is 25.4 Å². The van der Waals surface area contributed by atoms with Crippen LogP contribution in [0, 0.1) is 0 Å². The minimum atomic E-state index is -1.55. The molecular weight excluding hydrogens is 791 g/mol. The van der Waals surface area contributed by atoms with Gasteiger partial charge in [-0.25, -0.2) is 0 Å². The highest BCUT2D eigenvalue weighted by molar-refractivity contribution is 5.76. The molecule has 1 fully saturated rings. The molecule has 0 aromatic heterocycles. The number of unbranched alkanes of at least 4 members (excludes halogenated alkanes) is 38. The van der Waals surface area contributed by atoms with Gasteiger partial charge in [0.25, 0.3) is 0 Å². The minimum absolute atomic E-state index is 0.133. The van der Waals surface area contributed by atoms with Crippen molar-refractivity contribution in [2.75, 3.05) is 13.2 Å². The predicted molar refractivity (Wildman–Crippen MR) is 263 cm³/mol. The number of ether oxygens (including phenoxy) is 2. The Labute approximate surface area is 389 Å². The number of amides is 1. The van der Waals surface area contributed by atoms with E-state index >= 15 is 0 Å². The third kappa shape index (κ3) is 35.1. The smallest absolute Gasteiger partial charge is 0.220 e. The Morgan fingerprint density at radius 2 is 0.794 bits per heavy atom. The van der Waals surface area contributed by atoms with Crippen LogP contribution in [-0.2, 0) is 14.3 Å². The lowest BCUT2D eigenvalue weighted by Crippen LogP contribution is -2.60. The van der Waals surface area contributed by atoms with Crippen molar-refractivity contribution >= 4 is 5.91 Å². The molecule has 0 aromatic rings. The Morgan fingerprint density at radius 3 is 1.13 bits per heavy atom. The monoisotopic (exact) mass is 898 g/mol. The van der Waals surface area contributed by atoms with Crippen molar-refractivity contribution in [1.82, 2.24) is 5.32 Å². The zero-order valence-corrected chi connectivity index (χ0v) is 41.6. The van der Waals surface area contributed by atoms with Crippen LogP contribution in [0.1, 0.15) is 284 Å².